The normalized spacial score (nSPS) is 35.8. The number of halogens is 1. The molecule has 66 valence electrons. The molecule has 0 N–H and O–H groups in total. The lowest BCUT2D eigenvalue weighted by Gasteiger charge is -2.27. The van der Waals surface area contributed by atoms with E-state index in [9.17, 15) is 4.79 Å². The summed E-state index contributed by atoms with van der Waals surface area (Å²) >= 11 is 6.34. The molecule has 0 aromatic heterocycles. The minimum Gasteiger partial charge on any atom is -0.295 e. The number of hydrogen-bond acceptors (Lipinski definition) is 1. The van der Waals surface area contributed by atoms with Crippen LogP contribution in [-0.4, -0.2) is 10.7 Å². The third-order valence-corrected chi connectivity index (χ3v) is 3.23. The number of rotatable bonds is 0. The summed E-state index contributed by atoms with van der Waals surface area (Å²) in [5, 5.41) is 0. The lowest BCUT2D eigenvalue weighted by atomic mass is 9.86. The maximum atomic E-state index is 11.3. The highest BCUT2D eigenvalue weighted by molar-refractivity contribution is 6.26. The molecule has 2 rings (SSSR count). The molecule has 2 aliphatic rings. The van der Waals surface area contributed by atoms with Crippen LogP contribution >= 0.6 is 11.6 Å². The standard InChI is InChI=1S/C10H13ClO/c11-10-4-2-1-3-8(6-10)5-9(12)7-10/h5H,1-4,6-7H2. The van der Waals surface area contributed by atoms with Gasteiger partial charge in [0.15, 0.2) is 5.78 Å². The van der Waals surface area contributed by atoms with Crippen LogP contribution in [0.5, 0.6) is 0 Å². The van der Waals surface area contributed by atoms with Crippen molar-refractivity contribution in [2.24, 2.45) is 0 Å². The minimum absolute atomic E-state index is 0.211. The van der Waals surface area contributed by atoms with E-state index < -0.39 is 0 Å². The van der Waals surface area contributed by atoms with Gasteiger partial charge in [0, 0.05) is 6.42 Å². The van der Waals surface area contributed by atoms with Crippen molar-refractivity contribution >= 4 is 17.4 Å². The molecule has 2 aliphatic carbocycles. The van der Waals surface area contributed by atoms with Crippen LogP contribution in [0.4, 0.5) is 0 Å². The molecule has 0 aromatic rings. The molecule has 1 atom stereocenters. The summed E-state index contributed by atoms with van der Waals surface area (Å²) in [5.41, 5.74) is 1.28. The van der Waals surface area contributed by atoms with Gasteiger partial charge in [-0.1, -0.05) is 12.0 Å². The second-order valence-electron chi connectivity index (χ2n) is 3.98. The Hall–Kier alpha value is -0.300. The van der Waals surface area contributed by atoms with Crippen molar-refractivity contribution in [3.63, 3.8) is 0 Å². The van der Waals surface area contributed by atoms with E-state index in [2.05, 4.69) is 0 Å². The average molecular weight is 185 g/mol. The summed E-state index contributed by atoms with van der Waals surface area (Å²) in [6.45, 7) is 0. The Bertz CT molecular complexity index is 244. The number of carbonyl (C=O) groups excluding carboxylic acids is 1. The Kier molecular flexibility index (Phi) is 1.99. The zero-order valence-electron chi connectivity index (χ0n) is 7.11. The van der Waals surface area contributed by atoms with E-state index in [1.807, 2.05) is 6.08 Å². The molecule has 1 saturated carbocycles. The molecule has 2 heteroatoms. The lowest BCUT2D eigenvalue weighted by molar-refractivity contribution is -0.115. The molecular weight excluding hydrogens is 172 g/mol. The van der Waals surface area contributed by atoms with Crippen LogP contribution in [-0.2, 0) is 4.79 Å². The van der Waals surface area contributed by atoms with Gasteiger partial charge in [0.2, 0.25) is 0 Å². The topological polar surface area (TPSA) is 17.1 Å². The van der Waals surface area contributed by atoms with E-state index in [1.54, 1.807) is 0 Å². The molecule has 0 saturated heterocycles. The Morgan fingerprint density at radius 1 is 1.33 bits per heavy atom. The lowest BCUT2D eigenvalue weighted by Crippen LogP contribution is -2.27. The maximum absolute atomic E-state index is 11.3. The molecule has 0 heterocycles. The Balaban J connectivity index is 2.28. The number of carbonyl (C=O) groups is 1. The van der Waals surface area contributed by atoms with Gasteiger partial charge in [0.25, 0.3) is 0 Å². The molecule has 12 heavy (non-hydrogen) atoms. The van der Waals surface area contributed by atoms with Gasteiger partial charge in [-0.25, -0.2) is 0 Å². The largest absolute Gasteiger partial charge is 0.295 e. The zero-order chi connectivity index (χ0) is 8.60. The monoisotopic (exact) mass is 184 g/mol. The molecule has 0 radical (unpaired) electrons. The molecule has 1 nitrogen and oxygen atoms in total. The highest BCUT2D eigenvalue weighted by Crippen LogP contribution is 2.41. The van der Waals surface area contributed by atoms with Gasteiger partial charge in [-0.3, -0.25) is 4.79 Å². The fraction of sp³-hybridized carbons (Fsp3) is 0.700. The Morgan fingerprint density at radius 2 is 2.17 bits per heavy atom. The fourth-order valence-electron chi connectivity index (χ4n) is 2.24. The Labute approximate surface area is 77.8 Å². The van der Waals surface area contributed by atoms with Crippen LogP contribution in [0.3, 0.4) is 0 Å². The van der Waals surface area contributed by atoms with Gasteiger partial charge < -0.3 is 0 Å². The van der Waals surface area contributed by atoms with Crippen LogP contribution < -0.4 is 0 Å². The van der Waals surface area contributed by atoms with Gasteiger partial charge in [0.1, 0.15) is 0 Å². The van der Waals surface area contributed by atoms with E-state index >= 15 is 0 Å². The van der Waals surface area contributed by atoms with E-state index in [-0.39, 0.29) is 10.7 Å². The summed E-state index contributed by atoms with van der Waals surface area (Å²) in [7, 11) is 0. The SMILES string of the molecule is O=C1C=C2CCCCC(Cl)(C1)C2. The van der Waals surface area contributed by atoms with Crippen molar-refractivity contribution in [3.05, 3.63) is 11.6 Å². The molecule has 0 amide bonds. The number of fused-ring (bicyclic) bond motifs is 2. The van der Waals surface area contributed by atoms with E-state index in [0.29, 0.717) is 6.42 Å². The van der Waals surface area contributed by atoms with Gasteiger partial charge in [0.05, 0.1) is 4.87 Å². The first-order valence-corrected chi connectivity index (χ1v) is 4.97. The van der Waals surface area contributed by atoms with Crippen molar-refractivity contribution in [1.82, 2.24) is 0 Å². The predicted molar refractivity (Wildman–Crippen MR) is 49.4 cm³/mol. The van der Waals surface area contributed by atoms with Gasteiger partial charge in [-0.05, 0) is 31.8 Å². The van der Waals surface area contributed by atoms with E-state index in [4.69, 9.17) is 11.6 Å². The third-order valence-electron chi connectivity index (χ3n) is 2.77. The van der Waals surface area contributed by atoms with Crippen LogP contribution in [0.2, 0.25) is 0 Å². The van der Waals surface area contributed by atoms with Gasteiger partial charge in [-0.15, -0.1) is 11.6 Å². The van der Waals surface area contributed by atoms with Crippen molar-refractivity contribution in [3.8, 4) is 0 Å². The fourth-order valence-corrected chi connectivity index (χ4v) is 2.68. The van der Waals surface area contributed by atoms with Crippen LogP contribution in [0.1, 0.15) is 38.5 Å². The number of hydrogen-bond donors (Lipinski definition) is 0. The van der Waals surface area contributed by atoms with Crippen molar-refractivity contribution in [1.29, 1.82) is 0 Å². The zero-order valence-corrected chi connectivity index (χ0v) is 7.86. The quantitative estimate of drug-likeness (QED) is 0.529. The highest BCUT2D eigenvalue weighted by Gasteiger charge is 2.35. The first-order chi connectivity index (χ1) is 5.68. The number of ketones is 1. The van der Waals surface area contributed by atoms with E-state index in [1.165, 1.54) is 18.4 Å². The average Bonchev–Trinajstić information content (AvgIpc) is 2.07. The summed E-state index contributed by atoms with van der Waals surface area (Å²) in [4.78, 5) is 11.1. The molecule has 1 unspecified atom stereocenters. The summed E-state index contributed by atoms with van der Waals surface area (Å²) in [6.07, 6.45) is 7.78. The highest BCUT2D eigenvalue weighted by atomic mass is 35.5. The molecule has 0 aliphatic heterocycles. The first kappa shape index (κ1) is 8.31. The van der Waals surface area contributed by atoms with Crippen molar-refractivity contribution < 1.29 is 4.79 Å². The van der Waals surface area contributed by atoms with E-state index in [0.717, 1.165) is 19.3 Å². The predicted octanol–water partition coefficient (Wildman–Crippen LogP) is 2.83. The van der Waals surface area contributed by atoms with Gasteiger partial charge >= 0.3 is 0 Å². The van der Waals surface area contributed by atoms with Crippen molar-refractivity contribution in [2.75, 3.05) is 0 Å². The number of allylic oxidation sites excluding steroid dienone is 2. The molecule has 2 bridgehead atoms. The molecule has 0 aromatic carbocycles. The summed E-state index contributed by atoms with van der Waals surface area (Å²) < 4.78 is 0. The van der Waals surface area contributed by atoms with Crippen molar-refractivity contribution in [2.45, 2.75) is 43.4 Å². The Morgan fingerprint density at radius 3 is 3.00 bits per heavy atom. The minimum atomic E-state index is -0.211. The first-order valence-electron chi connectivity index (χ1n) is 4.59. The number of alkyl halides is 1. The maximum Gasteiger partial charge on any atom is 0.157 e. The summed E-state index contributed by atoms with van der Waals surface area (Å²) in [5.74, 6) is 0.230. The van der Waals surface area contributed by atoms with Crippen LogP contribution in [0, 0.1) is 0 Å². The molecular formula is C10H13ClO. The second-order valence-corrected chi connectivity index (χ2v) is 4.78. The smallest absolute Gasteiger partial charge is 0.157 e. The molecule has 1 fully saturated rings. The molecule has 0 spiro atoms. The second kappa shape index (κ2) is 2.88. The third kappa shape index (κ3) is 1.56. The van der Waals surface area contributed by atoms with Gasteiger partial charge in [-0.2, -0.15) is 0 Å². The summed E-state index contributed by atoms with van der Waals surface area (Å²) in [6, 6.07) is 0. The van der Waals surface area contributed by atoms with Crippen LogP contribution in [0.15, 0.2) is 11.6 Å². The van der Waals surface area contributed by atoms with Crippen LogP contribution in [0.25, 0.3) is 0 Å².